The number of alkyl halides is 3. The molecule has 1 aromatic carbocycles. The van der Waals surface area contributed by atoms with Gasteiger partial charge in [0.15, 0.2) is 0 Å². The Hall–Kier alpha value is -1.69. The predicted molar refractivity (Wildman–Crippen MR) is 117 cm³/mol. The van der Waals surface area contributed by atoms with Gasteiger partial charge in [-0.25, -0.2) is 8.42 Å². The van der Waals surface area contributed by atoms with Crippen LogP contribution >= 0.6 is 0 Å². The van der Waals surface area contributed by atoms with E-state index in [0.29, 0.717) is 50.8 Å². The minimum absolute atomic E-state index is 0.00832. The second kappa shape index (κ2) is 9.89. The summed E-state index contributed by atoms with van der Waals surface area (Å²) >= 11 is 0. The highest BCUT2D eigenvalue weighted by Crippen LogP contribution is 2.36. The fraction of sp³-hybridized carbons (Fsp3) is 0.682. The Morgan fingerprint density at radius 2 is 1.91 bits per heavy atom. The Morgan fingerprint density at radius 1 is 1.24 bits per heavy atom. The third-order valence-electron chi connectivity index (χ3n) is 6.31. The predicted octanol–water partition coefficient (Wildman–Crippen LogP) is 3.07. The quantitative estimate of drug-likeness (QED) is 0.566. The molecular formula is C22H32F3N3O4S. The normalized spacial score (nSPS) is 22.0. The summed E-state index contributed by atoms with van der Waals surface area (Å²) in [7, 11) is -2.50. The van der Waals surface area contributed by atoms with Gasteiger partial charge in [-0.15, -0.1) is 0 Å². The summed E-state index contributed by atoms with van der Waals surface area (Å²) in [6.07, 6.45) is -2.57. The molecule has 1 aromatic rings. The highest BCUT2D eigenvalue weighted by molar-refractivity contribution is 7.89. The smallest absolute Gasteiger partial charge is 0.385 e. The van der Waals surface area contributed by atoms with Gasteiger partial charge in [-0.3, -0.25) is 10.1 Å². The van der Waals surface area contributed by atoms with E-state index in [1.54, 1.807) is 7.11 Å². The largest absolute Gasteiger partial charge is 0.416 e. The molecule has 1 spiro atoms. The Kier molecular flexibility index (Phi) is 7.77. The first kappa shape index (κ1) is 25.9. The first-order valence-corrected chi connectivity index (χ1v) is 12.6. The summed E-state index contributed by atoms with van der Waals surface area (Å²) in [4.78, 5) is 14.6. The molecule has 186 valence electrons. The van der Waals surface area contributed by atoms with Crippen LogP contribution in [0, 0.1) is 5.92 Å². The Balaban J connectivity index is 1.78. The fourth-order valence-electron chi connectivity index (χ4n) is 4.68. The van der Waals surface area contributed by atoms with Crippen molar-refractivity contribution in [3.8, 4) is 0 Å². The number of carbonyl (C=O) groups excluding carboxylic acids is 1. The zero-order valence-electron chi connectivity index (χ0n) is 19.2. The number of hydrogen-bond donors (Lipinski definition) is 1. The molecule has 1 N–H and O–H groups in total. The summed E-state index contributed by atoms with van der Waals surface area (Å²) < 4.78 is 71.7. The summed E-state index contributed by atoms with van der Waals surface area (Å²) in [5.41, 5.74) is -1.66. The molecule has 2 saturated heterocycles. The van der Waals surface area contributed by atoms with E-state index in [0.717, 1.165) is 12.1 Å². The first-order chi connectivity index (χ1) is 15.4. The number of piperidine rings is 1. The van der Waals surface area contributed by atoms with E-state index < -0.39 is 27.4 Å². The van der Waals surface area contributed by atoms with Crippen molar-refractivity contribution in [2.45, 2.75) is 62.3 Å². The zero-order valence-corrected chi connectivity index (χ0v) is 20.0. The van der Waals surface area contributed by atoms with E-state index in [2.05, 4.69) is 5.32 Å². The van der Waals surface area contributed by atoms with Crippen molar-refractivity contribution in [2.24, 2.45) is 5.92 Å². The number of nitrogens with one attached hydrogen (secondary N) is 1. The highest BCUT2D eigenvalue weighted by atomic mass is 32.2. The van der Waals surface area contributed by atoms with Crippen molar-refractivity contribution >= 4 is 15.9 Å². The van der Waals surface area contributed by atoms with Crippen LogP contribution in [0.5, 0.6) is 0 Å². The van der Waals surface area contributed by atoms with Crippen LogP contribution in [0.4, 0.5) is 13.2 Å². The van der Waals surface area contributed by atoms with Crippen molar-refractivity contribution in [1.82, 2.24) is 14.5 Å². The number of carbonyl (C=O) groups is 1. The number of benzene rings is 1. The Morgan fingerprint density at radius 3 is 2.48 bits per heavy atom. The first-order valence-electron chi connectivity index (χ1n) is 11.2. The van der Waals surface area contributed by atoms with Crippen LogP contribution in [-0.2, 0) is 25.7 Å². The number of halogens is 3. The van der Waals surface area contributed by atoms with Crippen molar-refractivity contribution in [2.75, 3.05) is 33.4 Å². The molecule has 11 heteroatoms. The SMILES string of the molecule is COCCCN1C(=O)C(CC(C)C)NC12CCN(S(=O)(=O)c1cccc(C(F)(F)F)c1)CC2. The number of sulfonamides is 1. The molecule has 0 bridgehead atoms. The second-order valence-electron chi connectivity index (χ2n) is 9.12. The summed E-state index contributed by atoms with van der Waals surface area (Å²) in [6, 6.07) is 3.48. The Labute approximate surface area is 193 Å². The van der Waals surface area contributed by atoms with Gasteiger partial charge in [0, 0.05) is 33.4 Å². The molecule has 2 aliphatic rings. The van der Waals surface area contributed by atoms with Gasteiger partial charge in [-0.05, 0) is 49.8 Å². The molecule has 0 aromatic heterocycles. The van der Waals surface area contributed by atoms with Gasteiger partial charge in [0.2, 0.25) is 15.9 Å². The summed E-state index contributed by atoms with van der Waals surface area (Å²) in [5.74, 6) is 0.317. The van der Waals surface area contributed by atoms with Crippen molar-refractivity contribution < 1.29 is 31.1 Å². The second-order valence-corrected chi connectivity index (χ2v) is 11.1. The fourth-order valence-corrected chi connectivity index (χ4v) is 6.17. The number of rotatable bonds is 8. The van der Waals surface area contributed by atoms with Gasteiger partial charge >= 0.3 is 6.18 Å². The lowest BCUT2D eigenvalue weighted by Gasteiger charge is -2.44. The molecule has 2 aliphatic heterocycles. The molecule has 1 amide bonds. The molecule has 0 radical (unpaired) electrons. The standard InChI is InChI=1S/C22H32F3N3O4S/c1-16(2)14-19-20(29)28(10-5-13-32-3)21(26-19)8-11-27(12-9-21)33(30,31)18-7-4-6-17(15-18)22(23,24)25/h4,6-7,15-16,19,26H,5,8-14H2,1-3H3. The molecule has 1 unspecified atom stereocenters. The molecule has 0 saturated carbocycles. The minimum Gasteiger partial charge on any atom is -0.385 e. The summed E-state index contributed by atoms with van der Waals surface area (Å²) in [5, 5.41) is 3.47. The van der Waals surface area contributed by atoms with Crippen LogP contribution in [0.1, 0.15) is 45.1 Å². The number of amides is 1. The summed E-state index contributed by atoms with van der Waals surface area (Å²) in [6.45, 7) is 5.29. The van der Waals surface area contributed by atoms with Crippen molar-refractivity contribution in [3.05, 3.63) is 29.8 Å². The van der Waals surface area contributed by atoms with Crippen LogP contribution in [0.2, 0.25) is 0 Å². The van der Waals surface area contributed by atoms with Gasteiger partial charge < -0.3 is 9.64 Å². The average Bonchev–Trinajstić information content (AvgIpc) is 2.98. The topological polar surface area (TPSA) is 79.0 Å². The minimum atomic E-state index is -4.63. The van der Waals surface area contributed by atoms with Crippen LogP contribution in [0.3, 0.4) is 0 Å². The number of methoxy groups -OCH3 is 1. The molecule has 0 aliphatic carbocycles. The van der Waals surface area contributed by atoms with Gasteiger partial charge in [0.1, 0.15) is 0 Å². The molecule has 3 rings (SSSR count). The van der Waals surface area contributed by atoms with E-state index in [1.807, 2.05) is 18.7 Å². The molecule has 33 heavy (non-hydrogen) atoms. The Bertz CT molecular complexity index is 944. The van der Waals surface area contributed by atoms with Gasteiger partial charge in [-0.1, -0.05) is 19.9 Å². The van der Waals surface area contributed by atoms with E-state index in [-0.39, 0.29) is 29.9 Å². The maximum atomic E-state index is 13.1. The third kappa shape index (κ3) is 5.52. The average molecular weight is 492 g/mol. The molecule has 7 nitrogen and oxygen atoms in total. The lowest BCUT2D eigenvalue weighted by Crippen LogP contribution is -2.59. The van der Waals surface area contributed by atoms with Crippen molar-refractivity contribution in [3.63, 3.8) is 0 Å². The van der Waals surface area contributed by atoms with E-state index >= 15 is 0 Å². The third-order valence-corrected chi connectivity index (χ3v) is 8.20. The molecule has 2 fully saturated rings. The van der Waals surface area contributed by atoms with Gasteiger partial charge in [0.25, 0.3) is 0 Å². The number of hydrogen-bond acceptors (Lipinski definition) is 5. The van der Waals surface area contributed by atoms with Crippen molar-refractivity contribution in [1.29, 1.82) is 0 Å². The van der Waals surface area contributed by atoms with E-state index in [9.17, 15) is 26.4 Å². The molecular weight excluding hydrogens is 459 g/mol. The lowest BCUT2D eigenvalue weighted by molar-refractivity contribution is -0.137. The van der Waals surface area contributed by atoms with Crippen LogP contribution in [0.25, 0.3) is 0 Å². The monoisotopic (exact) mass is 491 g/mol. The lowest BCUT2D eigenvalue weighted by atomic mass is 9.97. The van der Waals surface area contributed by atoms with E-state index in [1.165, 1.54) is 10.4 Å². The van der Waals surface area contributed by atoms with Gasteiger partial charge in [0.05, 0.1) is 22.2 Å². The van der Waals surface area contributed by atoms with Gasteiger partial charge in [-0.2, -0.15) is 17.5 Å². The van der Waals surface area contributed by atoms with Crippen LogP contribution in [0.15, 0.2) is 29.2 Å². The molecule has 1 atom stereocenters. The number of nitrogens with zero attached hydrogens (tertiary/aromatic N) is 2. The van der Waals surface area contributed by atoms with E-state index in [4.69, 9.17) is 4.74 Å². The molecule has 2 heterocycles. The maximum Gasteiger partial charge on any atom is 0.416 e. The number of ether oxygens (including phenoxy) is 1. The zero-order chi connectivity index (χ0) is 24.4. The highest BCUT2D eigenvalue weighted by Gasteiger charge is 2.52. The van der Waals surface area contributed by atoms with Crippen LogP contribution in [-0.4, -0.2) is 68.6 Å². The maximum absolute atomic E-state index is 13.1. The van der Waals surface area contributed by atoms with Crippen LogP contribution < -0.4 is 5.32 Å².